The van der Waals surface area contributed by atoms with Gasteiger partial charge in [-0.25, -0.2) is 4.99 Å². The fourth-order valence-electron chi connectivity index (χ4n) is 0.645. The van der Waals surface area contributed by atoms with Gasteiger partial charge in [-0.3, -0.25) is 5.32 Å². The molecule has 0 aliphatic carbocycles. The van der Waals surface area contributed by atoms with Crippen LogP contribution in [0.1, 0.15) is 13.8 Å². The lowest BCUT2D eigenvalue weighted by molar-refractivity contribution is 0.183. The lowest BCUT2D eigenvalue weighted by Crippen LogP contribution is -2.25. The normalized spacial score (nSPS) is 15.0. The molecule has 2 N–H and O–H groups in total. The van der Waals surface area contributed by atoms with E-state index < -0.39 is 6.23 Å². The van der Waals surface area contributed by atoms with E-state index in [-0.39, 0.29) is 0 Å². The van der Waals surface area contributed by atoms with Crippen molar-refractivity contribution >= 4 is 6.34 Å². The number of hydrogen-bond acceptors (Lipinski definition) is 3. The summed E-state index contributed by atoms with van der Waals surface area (Å²) in [7, 11) is 3.64. The Morgan fingerprint density at radius 3 is 2.77 bits per heavy atom. The minimum absolute atomic E-state index is 0.607. The predicted molar refractivity (Wildman–Crippen MR) is 55.6 cm³/mol. The van der Waals surface area contributed by atoms with Crippen molar-refractivity contribution in [3.63, 3.8) is 0 Å². The second-order valence-electron chi connectivity index (χ2n) is 2.90. The van der Waals surface area contributed by atoms with Crippen molar-refractivity contribution in [2.75, 3.05) is 20.6 Å². The van der Waals surface area contributed by atoms with Gasteiger partial charge in [-0.05, 0) is 26.5 Å². The third-order valence-electron chi connectivity index (χ3n) is 1.75. The zero-order valence-corrected chi connectivity index (χ0v) is 8.78. The molecule has 0 saturated heterocycles. The maximum Gasteiger partial charge on any atom is 0.128 e. The maximum absolute atomic E-state index is 9.28. The third kappa shape index (κ3) is 5.38. The molecular weight excluding hydrogens is 166 g/mol. The molecule has 0 radical (unpaired) electrons. The molecule has 0 fully saturated rings. The summed E-state index contributed by atoms with van der Waals surface area (Å²) in [4.78, 5) is 6.00. The van der Waals surface area contributed by atoms with Gasteiger partial charge in [0, 0.05) is 19.8 Å². The molecule has 0 saturated carbocycles. The average Bonchev–Trinajstić information content (AvgIpc) is 2.15. The van der Waals surface area contributed by atoms with E-state index >= 15 is 0 Å². The molecular formula is C9H19N3O. The van der Waals surface area contributed by atoms with Gasteiger partial charge < -0.3 is 10.0 Å². The van der Waals surface area contributed by atoms with Crippen molar-refractivity contribution in [2.24, 2.45) is 4.99 Å². The van der Waals surface area contributed by atoms with Crippen molar-refractivity contribution in [2.45, 2.75) is 20.1 Å². The molecule has 0 aromatic carbocycles. The first kappa shape index (κ1) is 12.1. The standard InChI is InChI=1S/C9H19N3O/c1-5-12(4)7-11-6-8(2)9(13)10-3/h6-7,9-10,13H,5H2,1-4H3/b8-6-,11-7?. The number of aliphatic hydroxyl groups is 1. The van der Waals surface area contributed by atoms with Gasteiger partial charge in [0.15, 0.2) is 0 Å². The summed E-state index contributed by atoms with van der Waals surface area (Å²) in [5.41, 5.74) is 0.795. The monoisotopic (exact) mass is 185 g/mol. The summed E-state index contributed by atoms with van der Waals surface area (Å²) < 4.78 is 0. The highest BCUT2D eigenvalue weighted by atomic mass is 16.3. The fraction of sp³-hybridized carbons (Fsp3) is 0.667. The van der Waals surface area contributed by atoms with Crippen molar-refractivity contribution in [3.8, 4) is 0 Å². The Morgan fingerprint density at radius 1 is 1.69 bits per heavy atom. The van der Waals surface area contributed by atoms with Crippen LogP contribution in [-0.4, -0.2) is 43.2 Å². The Kier molecular flexibility index (Phi) is 6.18. The van der Waals surface area contributed by atoms with Crippen LogP contribution in [0.2, 0.25) is 0 Å². The Labute approximate surface area is 80.0 Å². The van der Waals surface area contributed by atoms with Crippen LogP contribution in [-0.2, 0) is 0 Å². The highest BCUT2D eigenvalue weighted by molar-refractivity contribution is 5.55. The van der Waals surface area contributed by atoms with Crippen LogP contribution < -0.4 is 5.32 Å². The minimum Gasteiger partial charge on any atom is -0.375 e. The predicted octanol–water partition coefficient (Wildman–Crippen LogP) is 0.408. The van der Waals surface area contributed by atoms with E-state index in [1.54, 1.807) is 19.6 Å². The van der Waals surface area contributed by atoms with Gasteiger partial charge in [-0.2, -0.15) is 0 Å². The van der Waals surface area contributed by atoms with Gasteiger partial charge in [0.2, 0.25) is 0 Å². The van der Waals surface area contributed by atoms with Gasteiger partial charge in [-0.15, -0.1) is 0 Å². The number of likely N-dealkylation sites (N-methyl/N-ethyl adjacent to an activating group) is 1. The zero-order valence-electron chi connectivity index (χ0n) is 8.78. The van der Waals surface area contributed by atoms with E-state index in [0.29, 0.717) is 0 Å². The van der Waals surface area contributed by atoms with Crippen LogP contribution in [0.15, 0.2) is 16.8 Å². The molecule has 1 atom stereocenters. The smallest absolute Gasteiger partial charge is 0.128 e. The molecule has 0 amide bonds. The molecule has 4 nitrogen and oxygen atoms in total. The van der Waals surface area contributed by atoms with E-state index in [1.807, 2.05) is 25.8 Å². The molecule has 4 heteroatoms. The third-order valence-corrected chi connectivity index (χ3v) is 1.75. The summed E-state index contributed by atoms with van der Waals surface area (Å²) in [6, 6.07) is 0. The fourth-order valence-corrected chi connectivity index (χ4v) is 0.645. The average molecular weight is 185 g/mol. The molecule has 0 spiro atoms. The Bertz CT molecular complexity index is 189. The van der Waals surface area contributed by atoms with E-state index in [9.17, 15) is 5.11 Å². The van der Waals surface area contributed by atoms with E-state index in [1.165, 1.54) is 0 Å². The van der Waals surface area contributed by atoms with Crippen LogP contribution in [0.25, 0.3) is 0 Å². The molecule has 0 aromatic heterocycles. The molecule has 0 aliphatic heterocycles. The topological polar surface area (TPSA) is 47.9 Å². The molecule has 1 unspecified atom stereocenters. The number of aliphatic hydroxyl groups excluding tert-OH is 1. The van der Waals surface area contributed by atoms with Crippen LogP contribution in [0.4, 0.5) is 0 Å². The number of hydrogen-bond donors (Lipinski definition) is 2. The number of nitrogens with one attached hydrogen (secondary N) is 1. The summed E-state index contributed by atoms with van der Waals surface area (Å²) in [6.45, 7) is 4.79. The van der Waals surface area contributed by atoms with Gasteiger partial charge in [0.25, 0.3) is 0 Å². The van der Waals surface area contributed by atoms with Crippen LogP contribution in [0.3, 0.4) is 0 Å². The zero-order chi connectivity index (χ0) is 10.3. The largest absolute Gasteiger partial charge is 0.375 e. The lowest BCUT2D eigenvalue weighted by Gasteiger charge is -2.09. The molecule has 0 heterocycles. The highest BCUT2D eigenvalue weighted by Crippen LogP contribution is 1.96. The molecule has 76 valence electrons. The maximum atomic E-state index is 9.28. The quantitative estimate of drug-likeness (QED) is 0.370. The summed E-state index contributed by atoms with van der Waals surface area (Å²) in [5.74, 6) is 0. The van der Waals surface area contributed by atoms with Crippen LogP contribution >= 0.6 is 0 Å². The van der Waals surface area contributed by atoms with Gasteiger partial charge in [0.05, 0.1) is 6.34 Å². The van der Waals surface area contributed by atoms with Crippen molar-refractivity contribution in [1.29, 1.82) is 0 Å². The molecule has 0 aliphatic rings. The van der Waals surface area contributed by atoms with Gasteiger partial charge in [0.1, 0.15) is 6.23 Å². The Hall–Kier alpha value is -0.870. The highest BCUT2D eigenvalue weighted by Gasteiger charge is 1.99. The second-order valence-corrected chi connectivity index (χ2v) is 2.90. The van der Waals surface area contributed by atoms with Crippen LogP contribution in [0.5, 0.6) is 0 Å². The van der Waals surface area contributed by atoms with Crippen LogP contribution in [0, 0.1) is 0 Å². The first-order valence-corrected chi connectivity index (χ1v) is 4.37. The number of rotatable bonds is 5. The first-order chi connectivity index (χ1) is 6.11. The second kappa shape index (κ2) is 6.62. The van der Waals surface area contributed by atoms with Crippen molar-refractivity contribution in [3.05, 3.63) is 11.8 Å². The lowest BCUT2D eigenvalue weighted by atomic mass is 10.3. The van der Waals surface area contributed by atoms with E-state index in [2.05, 4.69) is 10.3 Å². The Morgan fingerprint density at radius 2 is 2.31 bits per heavy atom. The van der Waals surface area contributed by atoms with E-state index in [0.717, 1.165) is 12.1 Å². The number of aliphatic imine (C=N–C) groups is 1. The number of nitrogens with zero attached hydrogens (tertiary/aromatic N) is 2. The minimum atomic E-state index is -0.607. The van der Waals surface area contributed by atoms with Crippen molar-refractivity contribution < 1.29 is 5.11 Å². The molecule has 0 aromatic rings. The summed E-state index contributed by atoms with van der Waals surface area (Å²) in [5, 5.41) is 12.0. The molecule has 0 bridgehead atoms. The van der Waals surface area contributed by atoms with Crippen molar-refractivity contribution in [1.82, 2.24) is 10.2 Å². The van der Waals surface area contributed by atoms with Gasteiger partial charge >= 0.3 is 0 Å². The SMILES string of the molecule is CCN(C)C=N/C=C(/C)C(O)NC. The summed E-state index contributed by atoms with van der Waals surface area (Å²) >= 11 is 0. The molecule has 0 rings (SSSR count). The summed E-state index contributed by atoms with van der Waals surface area (Å²) in [6.07, 6.45) is 2.77. The molecule has 13 heavy (non-hydrogen) atoms. The van der Waals surface area contributed by atoms with Gasteiger partial charge in [-0.1, -0.05) is 0 Å². The Balaban J connectivity index is 4.02. The first-order valence-electron chi connectivity index (χ1n) is 4.37. The van der Waals surface area contributed by atoms with E-state index in [4.69, 9.17) is 0 Å².